The Balaban J connectivity index is 2.14. The van der Waals surface area contributed by atoms with E-state index in [1.165, 1.54) is 20.9 Å². The second-order valence-electron chi connectivity index (χ2n) is 4.73. The van der Waals surface area contributed by atoms with E-state index in [1.54, 1.807) is 11.8 Å². The first kappa shape index (κ1) is 13.2. The molecule has 1 atom stereocenters. The number of hydrogen-bond donors (Lipinski definition) is 1. The summed E-state index contributed by atoms with van der Waals surface area (Å²) in [5, 5.41) is 4.18. The van der Waals surface area contributed by atoms with Crippen molar-refractivity contribution in [2.45, 2.75) is 36.1 Å². The summed E-state index contributed by atoms with van der Waals surface area (Å²) in [7, 11) is 1.93. The minimum atomic E-state index is 0.209. The van der Waals surface area contributed by atoms with E-state index in [4.69, 9.17) is 5.73 Å². The molecule has 0 saturated heterocycles. The van der Waals surface area contributed by atoms with Crippen molar-refractivity contribution in [3.8, 4) is 0 Å². The fraction of sp³-hybridized carbons (Fsp3) is 0.357. The van der Waals surface area contributed by atoms with Gasteiger partial charge >= 0.3 is 0 Å². The van der Waals surface area contributed by atoms with Crippen LogP contribution in [-0.2, 0) is 13.5 Å². The van der Waals surface area contributed by atoms with E-state index >= 15 is 0 Å². The molecule has 2 aromatic rings. The van der Waals surface area contributed by atoms with Gasteiger partial charge < -0.3 is 5.73 Å². The molecule has 0 saturated carbocycles. The van der Waals surface area contributed by atoms with Crippen LogP contribution in [-0.4, -0.2) is 15.8 Å². The summed E-state index contributed by atoms with van der Waals surface area (Å²) in [5.74, 6) is 0. The smallest absolute Gasteiger partial charge is 0.0629 e. The number of benzene rings is 1. The molecule has 0 aliphatic rings. The number of aromatic nitrogens is 2. The number of rotatable bonds is 4. The van der Waals surface area contributed by atoms with Crippen molar-refractivity contribution in [2.75, 3.05) is 0 Å². The quantitative estimate of drug-likeness (QED) is 0.920. The van der Waals surface area contributed by atoms with Crippen molar-refractivity contribution in [3.05, 3.63) is 41.7 Å². The summed E-state index contributed by atoms with van der Waals surface area (Å²) in [5.41, 5.74) is 8.42. The Morgan fingerprint density at radius 2 is 2.22 bits per heavy atom. The van der Waals surface area contributed by atoms with Crippen molar-refractivity contribution in [1.82, 2.24) is 9.78 Å². The fourth-order valence-electron chi connectivity index (χ4n) is 1.90. The largest absolute Gasteiger partial charge is 0.328 e. The van der Waals surface area contributed by atoms with Gasteiger partial charge in [-0.1, -0.05) is 23.9 Å². The SMILES string of the molecule is Cc1cc(CC(C)N)ccc1Sc1cnn(C)c1. The molecule has 96 valence electrons. The maximum absolute atomic E-state index is 5.82. The number of nitrogens with zero attached hydrogens (tertiary/aromatic N) is 2. The van der Waals surface area contributed by atoms with Crippen LogP contribution in [0.4, 0.5) is 0 Å². The summed E-state index contributed by atoms with van der Waals surface area (Å²) in [6.45, 7) is 4.18. The highest BCUT2D eigenvalue weighted by molar-refractivity contribution is 7.99. The van der Waals surface area contributed by atoms with Crippen molar-refractivity contribution in [2.24, 2.45) is 12.8 Å². The van der Waals surface area contributed by atoms with Crippen LogP contribution in [0.2, 0.25) is 0 Å². The molecule has 1 aromatic heterocycles. The molecule has 0 spiro atoms. The van der Waals surface area contributed by atoms with Gasteiger partial charge in [0.15, 0.2) is 0 Å². The molecule has 3 nitrogen and oxygen atoms in total. The van der Waals surface area contributed by atoms with Crippen LogP contribution in [0.1, 0.15) is 18.1 Å². The third-order valence-corrected chi connectivity index (χ3v) is 3.83. The third-order valence-electron chi connectivity index (χ3n) is 2.71. The van der Waals surface area contributed by atoms with Crippen molar-refractivity contribution >= 4 is 11.8 Å². The fourth-order valence-corrected chi connectivity index (χ4v) is 2.82. The lowest BCUT2D eigenvalue weighted by Crippen LogP contribution is -2.17. The van der Waals surface area contributed by atoms with E-state index in [2.05, 4.69) is 30.2 Å². The lowest BCUT2D eigenvalue weighted by Gasteiger charge is -2.09. The van der Waals surface area contributed by atoms with E-state index in [0.29, 0.717) is 0 Å². The van der Waals surface area contributed by atoms with Crippen LogP contribution in [0.5, 0.6) is 0 Å². The average Bonchev–Trinajstić information content (AvgIpc) is 2.67. The van der Waals surface area contributed by atoms with Gasteiger partial charge in [-0.15, -0.1) is 0 Å². The van der Waals surface area contributed by atoms with E-state index < -0.39 is 0 Å². The molecular formula is C14H19N3S. The summed E-state index contributed by atoms with van der Waals surface area (Å²) < 4.78 is 1.82. The Kier molecular flexibility index (Phi) is 4.09. The zero-order valence-electron chi connectivity index (χ0n) is 11.1. The number of hydrogen-bond acceptors (Lipinski definition) is 3. The van der Waals surface area contributed by atoms with Crippen LogP contribution < -0.4 is 5.73 Å². The Morgan fingerprint density at radius 3 is 2.78 bits per heavy atom. The maximum Gasteiger partial charge on any atom is 0.0629 e. The molecule has 0 aliphatic carbocycles. The molecule has 2 rings (SSSR count). The number of aryl methyl sites for hydroxylation is 2. The Morgan fingerprint density at radius 1 is 1.44 bits per heavy atom. The standard InChI is InChI=1S/C14H19N3S/c1-10-6-12(7-11(2)15)4-5-14(10)18-13-8-16-17(3)9-13/h4-6,8-9,11H,7,15H2,1-3H3. The Bertz CT molecular complexity index is 532. The van der Waals surface area contributed by atoms with Crippen molar-refractivity contribution in [3.63, 3.8) is 0 Å². The summed E-state index contributed by atoms with van der Waals surface area (Å²) >= 11 is 1.75. The predicted molar refractivity (Wildman–Crippen MR) is 75.9 cm³/mol. The van der Waals surface area contributed by atoms with Crippen LogP contribution in [0, 0.1) is 6.92 Å². The monoisotopic (exact) mass is 261 g/mol. The van der Waals surface area contributed by atoms with Gasteiger partial charge in [-0.25, -0.2) is 0 Å². The van der Waals surface area contributed by atoms with E-state index in [-0.39, 0.29) is 6.04 Å². The first-order chi connectivity index (χ1) is 8.54. The Hall–Kier alpha value is -1.26. The number of nitrogens with two attached hydrogens (primary N) is 1. The third kappa shape index (κ3) is 3.37. The topological polar surface area (TPSA) is 43.8 Å². The first-order valence-corrected chi connectivity index (χ1v) is 6.88. The average molecular weight is 261 g/mol. The molecule has 2 N–H and O–H groups in total. The summed E-state index contributed by atoms with van der Waals surface area (Å²) in [6.07, 6.45) is 4.85. The highest BCUT2D eigenvalue weighted by atomic mass is 32.2. The Labute approximate surface area is 112 Å². The molecule has 0 fully saturated rings. The van der Waals surface area contributed by atoms with Gasteiger partial charge in [-0.2, -0.15) is 5.10 Å². The predicted octanol–water partition coefficient (Wildman–Crippen LogP) is 2.77. The van der Waals surface area contributed by atoms with Crippen LogP contribution in [0.25, 0.3) is 0 Å². The van der Waals surface area contributed by atoms with Gasteiger partial charge in [-0.3, -0.25) is 4.68 Å². The van der Waals surface area contributed by atoms with Crippen LogP contribution >= 0.6 is 11.8 Å². The zero-order chi connectivity index (χ0) is 13.1. The molecule has 18 heavy (non-hydrogen) atoms. The summed E-state index contributed by atoms with van der Waals surface area (Å²) in [4.78, 5) is 2.44. The van der Waals surface area contributed by atoms with Crippen LogP contribution in [0.15, 0.2) is 40.4 Å². The minimum Gasteiger partial charge on any atom is -0.328 e. The zero-order valence-corrected chi connectivity index (χ0v) is 11.9. The normalized spacial score (nSPS) is 12.7. The molecular weight excluding hydrogens is 242 g/mol. The van der Waals surface area contributed by atoms with Gasteiger partial charge in [0.1, 0.15) is 0 Å². The molecule has 4 heteroatoms. The lowest BCUT2D eigenvalue weighted by atomic mass is 10.1. The second kappa shape index (κ2) is 5.59. The van der Waals surface area contributed by atoms with Gasteiger partial charge in [-0.05, 0) is 37.5 Å². The van der Waals surface area contributed by atoms with Gasteiger partial charge in [0.05, 0.1) is 11.1 Å². The molecule has 0 amide bonds. The van der Waals surface area contributed by atoms with Gasteiger partial charge in [0.2, 0.25) is 0 Å². The molecule has 0 bridgehead atoms. The highest BCUT2D eigenvalue weighted by Crippen LogP contribution is 2.30. The molecule has 1 unspecified atom stereocenters. The van der Waals surface area contributed by atoms with E-state index in [1.807, 2.05) is 31.0 Å². The molecule has 0 aliphatic heterocycles. The minimum absolute atomic E-state index is 0.209. The van der Waals surface area contributed by atoms with Gasteiger partial charge in [0.25, 0.3) is 0 Å². The van der Waals surface area contributed by atoms with Crippen molar-refractivity contribution < 1.29 is 0 Å². The van der Waals surface area contributed by atoms with Gasteiger partial charge in [0, 0.05) is 24.2 Å². The van der Waals surface area contributed by atoms with E-state index in [9.17, 15) is 0 Å². The summed E-state index contributed by atoms with van der Waals surface area (Å²) in [6, 6.07) is 6.77. The van der Waals surface area contributed by atoms with E-state index in [0.717, 1.165) is 6.42 Å². The molecule has 1 aromatic carbocycles. The van der Waals surface area contributed by atoms with Crippen molar-refractivity contribution in [1.29, 1.82) is 0 Å². The molecule has 1 heterocycles. The maximum atomic E-state index is 5.82. The first-order valence-electron chi connectivity index (χ1n) is 6.06. The second-order valence-corrected chi connectivity index (χ2v) is 5.85. The highest BCUT2D eigenvalue weighted by Gasteiger charge is 2.05. The lowest BCUT2D eigenvalue weighted by molar-refractivity contribution is 0.737. The molecule has 0 radical (unpaired) electrons. The van der Waals surface area contributed by atoms with Crippen LogP contribution in [0.3, 0.4) is 0 Å².